The van der Waals surface area contributed by atoms with Gasteiger partial charge in [0.05, 0.1) is 0 Å². The van der Waals surface area contributed by atoms with Crippen molar-refractivity contribution in [3.63, 3.8) is 0 Å². The van der Waals surface area contributed by atoms with Gasteiger partial charge < -0.3 is 29.4 Å². The lowest BCUT2D eigenvalue weighted by Gasteiger charge is -2.28. The summed E-state index contributed by atoms with van der Waals surface area (Å²) in [5.74, 6) is 0. The first-order chi connectivity index (χ1) is 12.2. The lowest BCUT2D eigenvalue weighted by atomic mass is 10.5. The molecule has 0 saturated heterocycles. The van der Waals surface area contributed by atoms with Gasteiger partial charge in [0.2, 0.25) is 0 Å². The molecule has 0 heterocycles. The van der Waals surface area contributed by atoms with E-state index in [1.165, 1.54) is 0 Å². The second-order valence-corrected chi connectivity index (χ2v) is 11.0. The van der Waals surface area contributed by atoms with Gasteiger partial charge in [0, 0.05) is 36.6 Å². The van der Waals surface area contributed by atoms with Crippen LogP contribution in [0.5, 0.6) is 0 Å². The molecular weight excluding hydrogens is 383 g/mol. The molecule has 0 atom stereocenters. The normalized spacial score (nSPS) is 12.6. The summed E-state index contributed by atoms with van der Waals surface area (Å²) >= 11 is -1.91. The van der Waals surface area contributed by atoms with Crippen LogP contribution in [0, 0.1) is 0 Å². The maximum Gasteiger partial charge on any atom is 0.906 e. The quantitative estimate of drug-likeness (QED) is 0.474. The predicted octanol–water partition coefficient (Wildman–Crippen LogP) is 3.94. The van der Waals surface area contributed by atoms with Crippen LogP contribution in [-0.4, -0.2) is 65.6 Å². The Labute approximate surface area is 173 Å². The molecule has 1 N–H and O–H groups in total. The van der Waals surface area contributed by atoms with E-state index < -0.39 is 24.2 Å². The highest BCUT2D eigenvalue weighted by Gasteiger charge is 2.44. The van der Waals surface area contributed by atoms with E-state index in [9.17, 15) is 4.80 Å². The Morgan fingerprint density at radius 1 is 0.481 bits per heavy atom. The first kappa shape index (κ1) is 29.7. The van der Waals surface area contributed by atoms with Crippen molar-refractivity contribution in [2.24, 2.45) is 0 Å². The highest BCUT2D eigenvalue weighted by Crippen LogP contribution is 2.13. The molecule has 9 heteroatoms. The second kappa shape index (κ2) is 15.3. The van der Waals surface area contributed by atoms with Gasteiger partial charge >= 0.3 is 24.2 Å². The summed E-state index contributed by atoms with van der Waals surface area (Å²) in [6.07, 6.45) is 0.204. The summed E-state index contributed by atoms with van der Waals surface area (Å²) in [7, 11) is -3.44. The first-order valence-electron chi connectivity index (χ1n) is 9.89. The first-order valence-corrected chi connectivity index (χ1v) is 13.0. The van der Waals surface area contributed by atoms with Crippen LogP contribution in [0.25, 0.3) is 0 Å². The number of hydrogen-bond acceptors (Lipinski definition) is 7. The van der Waals surface area contributed by atoms with Gasteiger partial charge in [-0.3, -0.25) is 0 Å². The summed E-state index contributed by atoms with van der Waals surface area (Å²) in [5.41, 5.74) is 0. The maximum atomic E-state index is 9.99. The molecule has 0 aliphatic carbocycles. The number of hydrogen-bond donors (Lipinski definition) is 1. The molecule has 0 aromatic carbocycles. The summed E-state index contributed by atoms with van der Waals surface area (Å²) < 4.78 is 32.6. The molecule has 0 fully saturated rings. The summed E-state index contributed by atoms with van der Waals surface area (Å²) in [4.78, 5) is 9.99. The molecule has 0 saturated carbocycles. The van der Waals surface area contributed by atoms with Crippen LogP contribution >= 0.6 is 0 Å². The van der Waals surface area contributed by atoms with Crippen molar-refractivity contribution >= 4 is 24.2 Å². The predicted molar refractivity (Wildman–Crippen MR) is 111 cm³/mol. The van der Waals surface area contributed by atoms with Gasteiger partial charge in [-0.25, -0.2) is 0 Å². The third-order valence-corrected chi connectivity index (χ3v) is 6.91. The zero-order valence-electron chi connectivity index (χ0n) is 19.4. The van der Waals surface area contributed by atoms with Gasteiger partial charge in [0.25, 0.3) is 0 Å². The molecule has 164 valence electrons. The van der Waals surface area contributed by atoms with Crippen LogP contribution in [0.1, 0.15) is 83.1 Å². The fourth-order valence-electron chi connectivity index (χ4n) is 1.74. The lowest BCUT2D eigenvalue weighted by Crippen LogP contribution is -2.50. The van der Waals surface area contributed by atoms with Gasteiger partial charge in [0.15, 0.2) is 0 Å². The minimum atomic E-state index is -3.44. The molecule has 7 nitrogen and oxygen atoms in total. The molecule has 0 unspecified atom stereocenters. The van der Waals surface area contributed by atoms with E-state index >= 15 is 0 Å². The maximum absolute atomic E-state index is 9.99. The molecule has 0 aromatic rings. The third kappa shape index (κ3) is 21.0. The average molecular weight is 427 g/mol. The molecule has 27 heavy (non-hydrogen) atoms. The van der Waals surface area contributed by atoms with Gasteiger partial charge in [-0.05, 0) is 83.1 Å². The molecular formula is C18H43AlO7Si. The molecule has 0 bridgehead atoms. The van der Waals surface area contributed by atoms with E-state index in [0.29, 0.717) is 0 Å². The van der Waals surface area contributed by atoms with Crippen LogP contribution in [0.2, 0.25) is 0 Å². The lowest BCUT2D eigenvalue weighted by molar-refractivity contribution is -0.0534. The highest BCUT2D eigenvalue weighted by molar-refractivity contribution is 6.52. The Hall–Kier alpha value is 0.469. The Balaban J connectivity index is 0. The molecule has 0 spiro atoms. The average Bonchev–Trinajstić information content (AvgIpc) is 2.32. The van der Waals surface area contributed by atoms with Gasteiger partial charge in [-0.15, -0.1) is 0 Å². The SMILES string of the molecule is CC(C)O[Si](O)(OC(C)C)OC(C)C.CC(C)[O][Al]([O]C(C)C)[O]C(C)C. The van der Waals surface area contributed by atoms with Gasteiger partial charge in [0.1, 0.15) is 0 Å². The Morgan fingerprint density at radius 3 is 0.852 bits per heavy atom. The summed E-state index contributed by atoms with van der Waals surface area (Å²) in [5, 5.41) is 0. The molecule has 0 amide bonds. The van der Waals surface area contributed by atoms with Crippen molar-refractivity contribution in [3.05, 3.63) is 0 Å². The van der Waals surface area contributed by atoms with E-state index in [2.05, 4.69) is 0 Å². The van der Waals surface area contributed by atoms with Crippen LogP contribution in [-0.2, 0) is 24.6 Å². The van der Waals surface area contributed by atoms with Crippen molar-refractivity contribution < 1.29 is 29.4 Å². The molecule has 0 rings (SSSR count). The third-order valence-electron chi connectivity index (χ3n) is 2.30. The second-order valence-electron chi connectivity index (χ2n) is 7.87. The molecule has 0 aliphatic rings. The monoisotopic (exact) mass is 426 g/mol. The Kier molecular flexibility index (Phi) is 16.8. The van der Waals surface area contributed by atoms with E-state index in [1.807, 2.05) is 83.1 Å². The van der Waals surface area contributed by atoms with Crippen molar-refractivity contribution in [3.8, 4) is 0 Å². The largest absolute Gasteiger partial charge is 0.906 e. The van der Waals surface area contributed by atoms with Crippen molar-refractivity contribution in [2.45, 2.75) is 120 Å². The van der Waals surface area contributed by atoms with E-state index in [4.69, 9.17) is 24.6 Å². The Bertz CT molecular complexity index is 302. The molecule has 0 aromatic heterocycles. The van der Waals surface area contributed by atoms with Gasteiger partial charge in [-0.1, -0.05) is 0 Å². The Morgan fingerprint density at radius 2 is 0.704 bits per heavy atom. The topological polar surface area (TPSA) is 75.6 Å². The zero-order chi connectivity index (χ0) is 21.8. The van der Waals surface area contributed by atoms with Crippen LogP contribution in [0.4, 0.5) is 0 Å². The molecule has 0 radical (unpaired) electrons. The summed E-state index contributed by atoms with van der Waals surface area (Å²) in [6.45, 7) is 23.0. The smallest absolute Gasteiger partial charge is 0.452 e. The minimum Gasteiger partial charge on any atom is -0.452 e. The van der Waals surface area contributed by atoms with Crippen molar-refractivity contribution in [1.29, 1.82) is 0 Å². The zero-order valence-corrected chi connectivity index (χ0v) is 21.6. The standard InChI is InChI=1S/C9H22O4Si.3C3H7O.Al/c1-7(2)11-14(10,12-8(3)4)13-9(5)6;3*1-3(2)4;/h7-10H,1-6H3;3*3H,1-2H3;/q;3*-1;+3. The highest BCUT2D eigenvalue weighted by atomic mass is 28.4. The van der Waals surface area contributed by atoms with Crippen molar-refractivity contribution in [1.82, 2.24) is 0 Å². The van der Waals surface area contributed by atoms with E-state index in [-0.39, 0.29) is 36.6 Å². The van der Waals surface area contributed by atoms with Gasteiger partial charge in [-0.2, -0.15) is 0 Å². The van der Waals surface area contributed by atoms with Crippen LogP contribution in [0.15, 0.2) is 0 Å². The molecule has 0 aliphatic heterocycles. The summed E-state index contributed by atoms with van der Waals surface area (Å²) in [6, 6.07) is 0. The fraction of sp³-hybridized carbons (Fsp3) is 1.00. The van der Waals surface area contributed by atoms with E-state index in [0.717, 1.165) is 0 Å². The van der Waals surface area contributed by atoms with E-state index in [1.54, 1.807) is 0 Å². The number of rotatable bonds is 12. The van der Waals surface area contributed by atoms with Crippen LogP contribution < -0.4 is 0 Å². The minimum absolute atomic E-state index is 0.107. The fourth-order valence-corrected chi connectivity index (χ4v) is 5.22. The van der Waals surface area contributed by atoms with Crippen LogP contribution in [0.3, 0.4) is 0 Å². The van der Waals surface area contributed by atoms with Crippen molar-refractivity contribution in [2.75, 3.05) is 0 Å².